The van der Waals surface area contributed by atoms with E-state index < -0.39 is 0 Å². The second kappa shape index (κ2) is 9.55. The third-order valence-electron chi connectivity index (χ3n) is 0.715. The van der Waals surface area contributed by atoms with E-state index in [1.807, 2.05) is 0 Å². The van der Waals surface area contributed by atoms with Crippen molar-refractivity contribution in [2.75, 3.05) is 0 Å². The van der Waals surface area contributed by atoms with Gasteiger partial charge < -0.3 is 9.59 Å². The van der Waals surface area contributed by atoms with Crippen molar-refractivity contribution in [1.29, 1.82) is 0 Å². The molecule has 0 saturated carbocycles. The molecule has 0 saturated heterocycles. The monoisotopic (exact) mass is 250 g/mol. The zero-order valence-electron chi connectivity index (χ0n) is 5.85. The van der Waals surface area contributed by atoms with Crippen molar-refractivity contribution in [1.82, 2.24) is 0 Å². The number of hydrogen-bond donors (Lipinski definition) is 0. The topological polar surface area (TPSA) is 68.3 Å². The van der Waals surface area contributed by atoms with Crippen LogP contribution in [-0.2, 0) is 38.7 Å². The molecule has 11 heavy (non-hydrogen) atoms. The van der Waals surface area contributed by atoms with Crippen LogP contribution in [0.1, 0.15) is 19.8 Å². The van der Waals surface area contributed by atoms with Gasteiger partial charge in [0.25, 0.3) is 0 Å². The number of carbonyl (C=O) groups is 2. The molecule has 0 aromatic rings. The molecule has 67 valence electrons. The second-order valence-electron chi connectivity index (χ2n) is 1.74. The number of rotatable bonds is 4. The van der Waals surface area contributed by atoms with Crippen LogP contribution >= 0.6 is 0 Å². The molecule has 0 fully saturated rings. The van der Waals surface area contributed by atoms with Gasteiger partial charge in [-0.05, 0) is 6.92 Å². The van der Waals surface area contributed by atoms with E-state index in [0.717, 1.165) is 0 Å². The molecule has 0 unspecified atom stereocenters. The third kappa shape index (κ3) is 12.7. The summed E-state index contributed by atoms with van der Waals surface area (Å²) in [6, 6.07) is 0. The normalized spacial score (nSPS) is 7.55. The molecule has 0 spiro atoms. The van der Waals surface area contributed by atoms with Crippen LogP contribution in [0.15, 0.2) is 0 Å². The van der Waals surface area contributed by atoms with Crippen molar-refractivity contribution in [3.63, 3.8) is 0 Å². The average Bonchev–Trinajstić information content (AvgIpc) is 1.91. The van der Waals surface area contributed by atoms with E-state index in [1.54, 1.807) is 21.0 Å². The SMILES string of the molecule is CC(=O)CC(=O)C[C-]=O.[O]=[Ag]. The Bertz CT molecular complexity index is 155. The summed E-state index contributed by atoms with van der Waals surface area (Å²) < 4.78 is 8.06. The van der Waals surface area contributed by atoms with E-state index in [4.69, 9.17) is 3.25 Å². The molecule has 0 aliphatic heterocycles. The van der Waals surface area contributed by atoms with Crippen molar-refractivity contribution >= 4 is 17.9 Å². The molecular weight excluding hydrogens is 244 g/mol. The summed E-state index contributed by atoms with van der Waals surface area (Å²) in [4.78, 5) is 30.1. The zero-order valence-corrected chi connectivity index (χ0v) is 7.33. The van der Waals surface area contributed by atoms with E-state index in [-0.39, 0.29) is 24.4 Å². The fourth-order valence-electron chi connectivity index (χ4n) is 0.421. The van der Waals surface area contributed by atoms with E-state index >= 15 is 0 Å². The van der Waals surface area contributed by atoms with E-state index in [0.29, 0.717) is 0 Å². The zero-order chi connectivity index (χ0) is 9.28. The van der Waals surface area contributed by atoms with Gasteiger partial charge in [0, 0.05) is 0 Å². The molecule has 0 aromatic carbocycles. The summed E-state index contributed by atoms with van der Waals surface area (Å²) in [5.41, 5.74) is 0. The molecule has 0 aliphatic carbocycles. The van der Waals surface area contributed by atoms with Crippen LogP contribution in [0.5, 0.6) is 0 Å². The molecule has 0 aliphatic rings. The Morgan fingerprint density at radius 1 is 1.36 bits per heavy atom. The first-order valence-corrected chi connectivity index (χ1v) is 3.25. The summed E-state index contributed by atoms with van der Waals surface area (Å²) in [7, 11) is 0. The number of ketones is 2. The fraction of sp³-hybridized carbons (Fsp3) is 0.500. The van der Waals surface area contributed by atoms with Crippen LogP contribution in [0.4, 0.5) is 0 Å². The predicted octanol–water partition coefficient (Wildman–Crippen LogP) is -0.0869. The minimum atomic E-state index is -0.363. The molecule has 0 amide bonds. The van der Waals surface area contributed by atoms with Gasteiger partial charge in [-0.15, -0.1) is 0 Å². The Morgan fingerprint density at radius 2 is 1.82 bits per heavy atom. The fourth-order valence-corrected chi connectivity index (χ4v) is 0.421. The first-order chi connectivity index (χ1) is 5.16. The van der Waals surface area contributed by atoms with Crippen LogP contribution in [-0.4, -0.2) is 17.9 Å². The Kier molecular flexibility index (Phi) is 11.4. The molecule has 0 atom stereocenters. The Morgan fingerprint density at radius 3 is 2.09 bits per heavy atom. The van der Waals surface area contributed by atoms with Gasteiger partial charge >= 0.3 is 24.3 Å². The van der Waals surface area contributed by atoms with Crippen LogP contribution in [0, 0.1) is 0 Å². The molecule has 4 nitrogen and oxygen atoms in total. The van der Waals surface area contributed by atoms with Gasteiger partial charge in [0.05, 0.1) is 6.42 Å². The summed E-state index contributed by atoms with van der Waals surface area (Å²) in [6.45, 7) is 1.31. The molecular formula is C6H7AgO4-. The van der Waals surface area contributed by atoms with E-state index in [2.05, 4.69) is 0 Å². The molecule has 5 heteroatoms. The quantitative estimate of drug-likeness (QED) is 0.398. The van der Waals surface area contributed by atoms with Crippen molar-refractivity contribution in [3.8, 4) is 0 Å². The maximum absolute atomic E-state index is 10.4. The first kappa shape index (κ1) is 13.2. The van der Waals surface area contributed by atoms with E-state index in [9.17, 15) is 14.4 Å². The number of hydrogen-bond acceptors (Lipinski definition) is 4. The van der Waals surface area contributed by atoms with Crippen molar-refractivity contribution in [2.24, 2.45) is 0 Å². The van der Waals surface area contributed by atoms with Gasteiger partial charge in [0.1, 0.15) is 11.6 Å². The second-order valence-corrected chi connectivity index (χ2v) is 1.74. The average molecular weight is 251 g/mol. The van der Waals surface area contributed by atoms with Gasteiger partial charge in [0.2, 0.25) is 0 Å². The van der Waals surface area contributed by atoms with Gasteiger partial charge in [0.15, 0.2) is 0 Å². The van der Waals surface area contributed by atoms with Gasteiger partial charge in [-0.1, -0.05) is 6.42 Å². The van der Waals surface area contributed by atoms with Crippen molar-refractivity contribution in [3.05, 3.63) is 0 Å². The van der Waals surface area contributed by atoms with Gasteiger partial charge in [-0.3, -0.25) is 11.1 Å². The Labute approximate surface area is 76.6 Å². The maximum atomic E-state index is 10.4. The molecule has 0 heterocycles. The van der Waals surface area contributed by atoms with Crippen molar-refractivity contribution < 1.29 is 38.7 Å². The van der Waals surface area contributed by atoms with Gasteiger partial charge in [-0.25, -0.2) is 0 Å². The number of carbonyl (C=O) groups excluding carboxylic acids is 3. The van der Waals surface area contributed by atoms with E-state index in [1.165, 1.54) is 13.2 Å². The number of Topliss-reactive ketones (excluding diaryl/α,β-unsaturated/α-hetero) is 2. The van der Waals surface area contributed by atoms with Crippen molar-refractivity contribution in [2.45, 2.75) is 19.8 Å². The van der Waals surface area contributed by atoms with Crippen LogP contribution in [0.3, 0.4) is 0 Å². The molecule has 0 radical (unpaired) electrons. The summed E-state index contributed by atoms with van der Waals surface area (Å²) in [6.07, 6.45) is 1.01. The third-order valence-corrected chi connectivity index (χ3v) is 0.715. The predicted molar refractivity (Wildman–Crippen MR) is 31.3 cm³/mol. The Hall–Kier alpha value is -0.450. The summed E-state index contributed by atoms with van der Waals surface area (Å²) in [5, 5.41) is 0. The summed E-state index contributed by atoms with van der Waals surface area (Å²) in [5.74, 6) is -0.576. The molecule has 0 N–H and O–H groups in total. The van der Waals surface area contributed by atoms with Crippen LogP contribution in [0.25, 0.3) is 0 Å². The molecule has 0 rings (SSSR count). The Balaban J connectivity index is 0. The van der Waals surface area contributed by atoms with Crippen LogP contribution in [0.2, 0.25) is 0 Å². The van der Waals surface area contributed by atoms with Crippen LogP contribution < -0.4 is 0 Å². The summed E-state index contributed by atoms with van der Waals surface area (Å²) >= 11 is 1.70. The molecule has 0 aromatic heterocycles. The first-order valence-electron chi connectivity index (χ1n) is 2.65. The molecule has 0 bridgehead atoms. The van der Waals surface area contributed by atoms with Gasteiger partial charge in [-0.2, -0.15) is 0 Å². The standard InChI is InChI=1S/C6H7O3.Ag.O/c1-5(8)4-6(9)2-3-7;;/h2,4H2,1H3;;/q-1;;. The minimum absolute atomic E-state index is 0.144.